The standard InChI is InChI=1S/C8H10.C3H8.C2H6/c1-7-4-3-5-8(2)6-7;1-3-2;1-2/h3-6H,1-2H3;3H2,1-2H3;1-2H3. The Morgan fingerprint density at radius 3 is 1.38 bits per heavy atom. The van der Waals surface area contributed by atoms with E-state index in [4.69, 9.17) is 0 Å². The summed E-state index contributed by atoms with van der Waals surface area (Å²) in [4.78, 5) is 0. The van der Waals surface area contributed by atoms with Gasteiger partial charge in [0.25, 0.3) is 0 Å². The van der Waals surface area contributed by atoms with Gasteiger partial charge in [0.05, 0.1) is 0 Å². The molecule has 13 heavy (non-hydrogen) atoms. The van der Waals surface area contributed by atoms with Crippen LogP contribution in [0.2, 0.25) is 0 Å². The normalized spacial score (nSPS) is 7.54. The van der Waals surface area contributed by atoms with Crippen molar-refractivity contribution in [3.8, 4) is 0 Å². The lowest BCUT2D eigenvalue weighted by atomic mass is 10.2. The van der Waals surface area contributed by atoms with Crippen LogP contribution in [0.4, 0.5) is 0 Å². The number of hydrogen-bond donors (Lipinski definition) is 0. The number of aryl methyl sites for hydroxylation is 2. The summed E-state index contributed by atoms with van der Waals surface area (Å²) in [5.74, 6) is 0. The van der Waals surface area contributed by atoms with Crippen LogP contribution in [0.25, 0.3) is 0 Å². The molecule has 0 heterocycles. The average molecular weight is 180 g/mol. The maximum absolute atomic E-state index is 2.17. The summed E-state index contributed by atoms with van der Waals surface area (Å²) in [7, 11) is 0. The lowest BCUT2D eigenvalue weighted by Gasteiger charge is -1.90. The Balaban J connectivity index is 0. The van der Waals surface area contributed by atoms with E-state index >= 15 is 0 Å². The van der Waals surface area contributed by atoms with Crippen LogP contribution in [-0.2, 0) is 0 Å². The first-order valence-electron chi connectivity index (χ1n) is 5.24. The minimum absolute atomic E-state index is 1.25. The second-order valence-corrected chi connectivity index (χ2v) is 2.87. The molecular formula is C13H24. The van der Waals surface area contributed by atoms with Crippen molar-refractivity contribution in [2.24, 2.45) is 0 Å². The van der Waals surface area contributed by atoms with E-state index in [0.717, 1.165) is 0 Å². The van der Waals surface area contributed by atoms with E-state index in [9.17, 15) is 0 Å². The Morgan fingerprint density at radius 2 is 1.23 bits per heavy atom. The molecular weight excluding hydrogens is 156 g/mol. The average Bonchev–Trinajstić information content (AvgIpc) is 2.08. The minimum Gasteiger partial charge on any atom is -0.0683 e. The molecule has 0 heteroatoms. The van der Waals surface area contributed by atoms with Crippen LogP contribution in [0.3, 0.4) is 0 Å². The molecule has 1 rings (SSSR count). The second kappa shape index (κ2) is 11.2. The lowest BCUT2D eigenvalue weighted by Crippen LogP contribution is -1.71. The van der Waals surface area contributed by atoms with Crippen molar-refractivity contribution in [2.45, 2.75) is 48.0 Å². The lowest BCUT2D eigenvalue weighted by molar-refractivity contribution is 1.09. The van der Waals surface area contributed by atoms with Gasteiger partial charge in [0.2, 0.25) is 0 Å². The predicted molar refractivity (Wildman–Crippen MR) is 63.2 cm³/mol. The van der Waals surface area contributed by atoms with Crippen LogP contribution in [0.1, 0.15) is 45.2 Å². The highest BCUT2D eigenvalue weighted by Gasteiger charge is 1.80. The maximum Gasteiger partial charge on any atom is -0.0398 e. The van der Waals surface area contributed by atoms with Gasteiger partial charge >= 0.3 is 0 Å². The quantitative estimate of drug-likeness (QED) is 0.540. The van der Waals surface area contributed by atoms with E-state index in [1.165, 1.54) is 17.5 Å². The first-order valence-corrected chi connectivity index (χ1v) is 5.24. The summed E-state index contributed by atoms with van der Waals surface area (Å²) in [5, 5.41) is 0. The van der Waals surface area contributed by atoms with Crippen LogP contribution < -0.4 is 0 Å². The monoisotopic (exact) mass is 180 g/mol. The van der Waals surface area contributed by atoms with E-state index < -0.39 is 0 Å². The zero-order chi connectivity index (χ0) is 10.7. The van der Waals surface area contributed by atoms with E-state index in [1.54, 1.807) is 0 Å². The Labute approximate surface area is 84.0 Å². The fourth-order valence-corrected chi connectivity index (χ4v) is 0.807. The summed E-state index contributed by atoms with van der Waals surface area (Å²) in [6.45, 7) is 12.5. The van der Waals surface area contributed by atoms with E-state index in [1.807, 2.05) is 13.8 Å². The molecule has 0 aliphatic rings. The van der Waals surface area contributed by atoms with Crippen molar-refractivity contribution in [2.75, 3.05) is 0 Å². The van der Waals surface area contributed by atoms with Gasteiger partial charge in [-0.05, 0) is 13.8 Å². The van der Waals surface area contributed by atoms with Gasteiger partial charge in [-0.2, -0.15) is 0 Å². The molecule has 0 saturated carbocycles. The molecule has 0 spiro atoms. The topological polar surface area (TPSA) is 0 Å². The summed E-state index contributed by atoms with van der Waals surface area (Å²) in [6, 6.07) is 8.45. The molecule has 0 bridgehead atoms. The highest BCUT2D eigenvalue weighted by Crippen LogP contribution is 2.00. The Bertz CT molecular complexity index is 172. The van der Waals surface area contributed by atoms with Crippen LogP contribution >= 0.6 is 0 Å². The van der Waals surface area contributed by atoms with Crippen molar-refractivity contribution in [3.63, 3.8) is 0 Å². The van der Waals surface area contributed by atoms with Crippen LogP contribution in [0, 0.1) is 13.8 Å². The first-order chi connectivity index (χ1) is 6.20. The van der Waals surface area contributed by atoms with Gasteiger partial charge in [-0.1, -0.05) is 69.5 Å². The molecule has 0 aliphatic heterocycles. The van der Waals surface area contributed by atoms with Gasteiger partial charge in [0.15, 0.2) is 0 Å². The van der Waals surface area contributed by atoms with Gasteiger partial charge < -0.3 is 0 Å². The van der Waals surface area contributed by atoms with Crippen molar-refractivity contribution in [3.05, 3.63) is 35.4 Å². The highest BCUT2D eigenvalue weighted by atomic mass is 13.9. The molecule has 1 aromatic carbocycles. The Morgan fingerprint density at radius 1 is 0.923 bits per heavy atom. The molecule has 0 aliphatic carbocycles. The highest BCUT2D eigenvalue weighted by molar-refractivity contribution is 5.20. The van der Waals surface area contributed by atoms with E-state index in [2.05, 4.69) is 52.0 Å². The van der Waals surface area contributed by atoms with Gasteiger partial charge in [-0.25, -0.2) is 0 Å². The SMILES string of the molecule is CC.CCC.Cc1cccc(C)c1. The maximum atomic E-state index is 2.17. The van der Waals surface area contributed by atoms with Crippen molar-refractivity contribution >= 4 is 0 Å². The summed E-state index contributed by atoms with van der Waals surface area (Å²) in [5.41, 5.74) is 2.68. The number of hydrogen-bond acceptors (Lipinski definition) is 0. The van der Waals surface area contributed by atoms with Crippen LogP contribution in [0.5, 0.6) is 0 Å². The summed E-state index contributed by atoms with van der Waals surface area (Å²) < 4.78 is 0. The van der Waals surface area contributed by atoms with Gasteiger partial charge in [0.1, 0.15) is 0 Å². The third kappa shape index (κ3) is 11.2. The largest absolute Gasteiger partial charge is 0.0683 e. The zero-order valence-corrected chi connectivity index (χ0v) is 10.0. The fraction of sp³-hybridized carbons (Fsp3) is 0.538. The van der Waals surface area contributed by atoms with Gasteiger partial charge in [-0.3, -0.25) is 0 Å². The smallest absolute Gasteiger partial charge is 0.0398 e. The van der Waals surface area contributed by atoms with Crippen molar-refractivity contribution in [1.82, 2.24) is 0 Å². The molecule has 0 nitrogen and oxygen atoms in total. The van der Waals surface area contributed by atoms with Gasteiger partial charge in [0, 0.05) is 0 Å². The van der Waals surface area contributed by atoms with Crippen molar-refractivity contribution < 1.29 is 0 Å². The third-order valence-corrected chi connectivity index (χ3v) is 1.17. The molecule has 0 N–H and O–H groups in total. The second-order valence-electron chi connectivity index (χ2n) is 2.87. The molecule has 0 fully saturated rings. The van der Waals surface area contributed by atoms with E-state index in [0.29, 0.717) is 0 Å². The molecule has 0 aromatic heterocycles. The zero-order valence-electron chi connectivity index (χ0n) is 10.0. The van der Waals surface area contributed by atoms with E-state index in [-0.39, 0.29) is 0 Å². The van der Waals surface area contributed by atoms with Crippen LogP contribution in [-0.4, -0.2) is 0 Å². The molecule has 0 unspecified atom stereocenters. The Hall–Kier alpha value is -0.780. The fourth-order valence-electron chi connectivity index (χ4n) is 0.807. The molecule has 0 atom stereocenters. The summed E-state index contributed by atoms with van der Waals surface area (Å²) in [6.07, 6.45) is 1.25. The molecule has 76 valence electrons. The molecule has 0 saturated heterocycles. The molecule has 1 aromatic rings. The van der Waals surface area contributed by atoms with Crippen molar-refractivity contribution in [1.29, 1.82) is 0 Å². The molecule has 0 radical (unpaired) electrons. The van der Waals surface area contributed by atoms with Crippen LogP contribution in [0.15, 0.2) is 24.3 Å². The number of benzene rings is 1. The Kier molecular flexibility index (Phi) is 12.7. The molecule has 0 amide bonds. The summed E-state index contributed by atoms with van der Waals surface area (Å²) >= 11 is 0. The third-order valence-electron chi connectivity index (χ3n) is 1.17. The van der Waals surface area contributed by atoms with Gasteiger partial charge in [-0.15, -0.1) is 0 Å². The predicted octanol–water partition coefficient (Wildman–Crippen LogP) is 4.75. The number of rotatable bonds is 0. The first kappa shape index (κ1) is 14.7. The minimum atomic E-state index is 1.25.